The van der Waals surface area contributed by atoms with E-state index >= 15 is 0 Å². The Morgan fingerprint density at radius 1 is 1.13 bits per heavy atom. The van der Waals surface area contributed by atoms with Crippen LogP contribution in [0.3, 0.4) is 0 Å². The molecule has 7 heteroatoms. The number of likely N-dealkylation sites (N-methyl/N-ethyl adjacent to an activating group) is 1. The second kappa shape index (κ2) is 8.42. The van der Waals surface area contributed by atoms with Gasteiger partial charge in [-0.1, -0.05) is 18.2 Å². The molecule has 2 aromatic heterocycles. The number of carbonyl (C=O) groups excluding carboxylic acids is 1. The molecule has 2 aromatic carbocycles. The lowest BCUT2D eigenvalue weighted by molar-refractivity contribution is 0.102. The summed E-state index contributed by atoms with van der Waals surface area (Å²) in [6.45, 7) is 1.58. The molecule has 152 valence electrons. The summed E-state index contributed by atoms with van der Waals surface area (Å²) in [6, 6.07) is 15.3. The van der Waals surface area contributed by atoms with Gasteiger partial charge in [0.05, 0.1) is 35.2 Å². The van der Waals surface area contributed by atoms with E-state index in [1.165, 1.54) is 12.1 Å². The Labute approximate surface area is 174 Å². The number of rotatable bonds is 6. The van der Waals surface area contributed by atoms with E-state index in [0.29, 0.717) is 22.5 Å². The predicted octanol–water partition coefficient (Wildman–Crippen LogP) is 4.05. The molecule has 0 radical (unpaired) electrons. The van der Waals surface area contributed by atoms with Gasteiger partial charge in [-0.25, -0.2) is 9.37 Å². The van der Waals surface area contributed by atoms with Gasteiger partial charge in [0.25, 0.3) is 5.91 Å². The van der Waals surface area contributed by atoms with Gasteiger partial charge in [0.1, 0.15) is 5.82 Å². The SMILES string of the molecule is CN(C)CCn1cc(NC(=O)c2cc(-c3ccc(F)cc3)nc3ccccc23)cn1. The molecule has 0 saturated heterocycles. The summed E-state index contributed by atoms with van der Waals surface area (Å²) in [4.78, 5) is 19.8. The summed E-state index contributed by atoms with van der Waals surface area (Å²) < 4.78 is 15.1. The molecule has 4 rings (SSSR count). The molecule has 2 heterocycles. The van der Waals surface area contributed by atoms with Crippen LogP contribution in [0.5, 0.6) is 0 Å². The largest absolute Gasteiger partial charge is 0.319 e. The van der Waals surface area contributed by atoms with E-state index in [9.17, 15) is 9.18 Å². The zero-order valence-corrected chi connectivity index (χ0v) is 16.8. The van der Waals surface area contributed by atoms with E-state index < -0.39 is 0 Å². The maximum atomic E-state index is 13.3. The van der Waals surface area contributed by atoms with E-state index in [-0.39, 0.29) is 11.7 Å². The van der Waals surface area contributed by atoms with Gasteiger partial charge in [-0.2, -0.15) is 5.10 Å². The Morgan fingerprint density at radius 3 is 2.67 bits per heavy atom. The fraction of sp³-hybridized carbons (Fsp3) is 0.174. The van der Waals surface area contributed by atoms with Crippen LogP contribution in [0, 0.1) is 5.82 Å². The Kier molecular flexibility index (Phi) is 5.54. The molecule has 0 aliphatic carbocycles. The summed E-state index contributed by atoms with van der Waals surface area (Å²) in [6.07, 6.45) is 3.45. The predicted molar refractivity (Wildman–Crippen MR) is 116 cm³/mol. The number of para-hydroxylation sites is 1. The van der Waals surface area contributed by atoms with Gasteiger partial charge < -0.3 is 10.2 Å². The number of carbonyl (C=O) groups is 1. The quantitative estimate of drug-likeness (QED) is 0.528. The molecule has 0 unspecified atom stereocenters. The van der Waals surface area contributed by atoms with Crippen molar-refractivity contribution < 1.29 is 9.18 Å². The summed E-state index contributed by atoms with van der Waals surface area (Å²) in [7, 11) is 4.00. The van der Waals surface area contributed by atoms with Crippen molar-refractivity contribution in [2.75, 3.05) is 26.0 Å². The van der Waals surface area contributed by atoms with Crippen LogP contribution in [0.2, 0.25) is 0 Å². The lowest BCUT2D eigenvalue weighted by Gasteiger charge is -2.10. The molecule has 30 heavy (non-hydrogen) atoms. The highest BCUT2D eigenvalue weighted by molar-refractivity contribution is 6.13. The number of fused-ring (bicyclic) bond motifs is 1. The minimum absolute atomic E-state index is 0.246. The molecular weight excluding hydrogens is 381 g/mol. The maximum Gasteiger partial charge on any atom is 0.256 e. The lowest BCUT2D eigenvalue weighted by Crippen LogP contribution is -2.18. The fourth-order valence-electron chi connectivity index (χ4n) is 3.18. The highest BCUT2D eigenvalue weighted by Gasteiger charge is 2.15. The molecule has 6 nitrogen and oxygen atoms in total. The minimum Gasteiger partial charge on any atom is -0.319 e. The second-order valence-electron chi connectivity index (χ2n) is 7.33. The van der Waals surface area contributed by atoms with Gasteiger partial charge in [-0.05, 0) is 50.5 Å². The molecule has 0 saturated carbocycles. The van der Waals surface area contributed by atoms with E-state index in [0.717, 1.165) is 24.0 Å². The van der Waals surface area contributed by atoms with Crippen molar-refractivity contribution in [3.63, 3.8) is 0 Å². The molecule has 1 amide bonds. The number of aromatic nitrogens is 3. The summed E-state index contributed by atoms with van der Waals surface area (Å²) in [5.74, 6) is -0.562. The van der Waals surface area contributed by atoms with Crippen molar-refractivity contribution >= 4 is 22.5 Å². The highest BCUT2D eigenvalue weighted by Crippen LogP contribution is 2.26. The van der Waals surface area contributed by atoms with E-state index in [1.54, 1.807) is 29.1 Å². The molecule has 0 aliphatic rings. The monoisotopic (exact) mass is 403 g/mol. The number of nitrogens with one attached hydrogen (secondary N) is 1. The number of hydrogen-bond donors (Lipinski definition) is 1. The van der Waals surface area contributed by atoms with Crippen molar-refractivity contribution in [2.45, 2.75) is 6.54 Å². The standard InChI is InChI=1S/C23H22FN5O/c1-28(2)11-12-29-15-18(14-25-29)26-23(30)20-13-22(16-7-9-17(24)10-8-16)27-21-6-4-3-5-19(20)21/h3-10,13-15H,11-12H2,1-2H3,(H,26,30). The normalized spacial score (nSPS) is 11.2. The first-order chi connectivity index (χ1) is 14.5. The zero-order valence-electron chi connectivity index (χ0n) is 16.8. The smallest absolute Gasteiger partial charge is 0.256 e. The molecular formula is C23H22FN5O. The summed E-state index contributed by atoms with van der Waals surface area (Å²) in [5, 5.41) is 7.97. The molecule has 0 bridgehead atoms. The molecule has 0 atom stereocenters. The Hall–Kier alpha value is -3.58. The van der Waals surface area contributed by atoms with Crippen molar-refractivity contribution in [1.82, 2.24) is 19.7 Å². The van der Waals surface area contributed by atoms with Crippen LogP contribution in [-0.2, 0) is 6.54 Å². The van der Waals surface area contributed by atoms with Crippen LogP contribution < -0.4 is 5.32 Å². The average Bonchev–Trinajstić information content (AvgIpc) is 3.19. The first-order valence-corrected chi connectivity index (χ1v) is 9.64. The summed E-state index contributed by atoms with van der Waals surface area (Å²) in [5.41, 5.74) is 3.18. The molecule has 0 fully saturated rings. The Balaban J connectivity index is 1.65. The van der Waals surface area contributed by atoms with E-state index in [4.69, 9.17) is 0 Å². The number of amides is 1. The molecule has 0 aliphatic heterocycles. The van der Waals surface area contributed by atoms with Gasteiger partial charge in [0.15, 0.2) is 0 Å². The first kappa shape index (κ1) is 19.7. The zero-order chi connectivity index (χ0) is 21.1. The van der Waals surface area contributed by atoms with Gasteiger partial charge in [0, 0.05) is 23.7 Å². The molecule has 4 aromatic rings. The van der Waals surface area contributed by atoms with Crippen molar-refractivity contribution in [3.8, 4) is 11.3 Å². The number of benzene rings is 2. The number of pyridine rings is 1. The van der Waals surface area contributed by atoms with Crippen LogP contribution >= 0.6 is 0 Å². The fourth-order valence-corrected chi connectivity index (χ4v) is 3.18. The van der Waals surface area contributed by atoms with Gasteiger partial charge in [0.2, 0.25) is 0 Å². The molecule has 1 N–H and O–H groups in total. The van der Waals surface area contributed by atoms with Gasteiger partial charge in [-0.15, -0.1) is 0 Å². The van der Waals surface area contributed by atoms with Crippen LogP contribution in [0.25, 0.3) is 22.2 Å². The van der Waals surface area contributed by atoms with Crippen LogP contribution in [0.15, 0.2) is 67.0 Å². The first-order valence-electron chi connectivity index (χ1n) is 9.64. The third kappa shape index (κ3) is 4.36. The number of halogens is 1. The van der Waals surface area contributed by atoms with Crippen molar-refractivity contribution in [2.24, 2.45) is 0 Å². The third-order valence-electron chi connectivity index (χ3n) is 4.77. The number of nitrogens with zero attached hydrogens (tertiary/aromatic N) is 4. The maximum absolute atomic E-state index is 13.3. The third-order valence-corrected chi connectivity index (χ3v) is 4.77. The second-order valence-corrected chi connectivity index (χ2v) is 7.33. The van der Waals surface area contributed by atoms with Gasteiger partial charge >= 0.3 is 0 Å². The number of anilines is 1. The van der Waals surface area contributed by atoms with Crippen LogP contribution in [0.1, 0.15) is 10.4 Å². The lowest BCUT2D eigenvalue weighted by atomic mass is 10.0. The van der Waals surface area contributed by atoms with E-state index in [1.807, 2.05) is 44.6 Å². The molecule has 0 spiro atoms. The Morgan fingerprint density at radius 2 is 1.90 bits per heavy atom. The average molecular weight is 403 g/mol. The van der Waals surface area contributed by atoms with Crippen LogP contribution in [0.4, 0.5) is 10.1 Å². The van der Waals surface area contributed by atoms with Crippen molar-refractivity contribution in [3.05, 3.63) is 78.4 Å². The topological polar surface area (TPSA) is 63.0 Å². The number of hydrogen-bond acceptors (Lipinski definition) is 4. The minimum atomic E-state index is -0.316. The highest BCUT2D eigenvalue weighted by atomic mass is 19.1. The Bertz CT molecular complexity index is 1180. The van der Waals surface area contributed by atoms with E-state index in [2.05, 4.69) is 20.3 Å². The van der Waals surface area contributed by atoms with Gasteiger partial charge in [-0.3, -0.25) is 9.48 Å². The van der Waals surface area contributed by atoms with Crippen LogP contribution in [-0.4, -0.2) is 46.2 Å². The van der Waals surface area contributed by atoms with Crippen molar-refractivity contribution in [1.29, 1.82) is 0 Å². The summed E-state index contributed by atoms with van der Waals surface area (Å²) >= 11 is 0.